The second kappa shape index (κ2) is 6.91. The van der Waals surface area contributed by atoms with Crippen molar-refractivity contribution >= 4 is 22.9 Å². The molecule has 2 aromatic rings. The van der Waals surface area contributed by atoms with Crippen LogP contribution in [0.1, 0.15) is 5.56 Å². The Morgan fingerprint density at radius 1 is 0.917 bits per heavy atom. The van der Waals surface area contributed by atoms with E-state index in [9.17, 15) is 30.3 Å². The number of amidine groups is 1. The van der Waals surface area contributed by atoms with Crippen LogP contribution in [0.3, 0.4) is 0 Å². The number of nitro groups is 3. The first-order valence-corrected chi connectivity index (χ1v) is 6.36. The van der Waals surface area contributed by atoms with Crippen LogP contribution in [0.5, 0.6) is 0 Å². The number of nitrogens with zero attached hydrogens (tertiary/aromatic N) is 4. The van der Waals surface area contributed by atoms with Crippen molar-refractivity contribution in [2.24, 2.45) is 5.10 Å². The van der Waals surface area contributed by atoms with Crippen LogP contribution in [0.25, 0.3) is 0 Å². The number of nitro benzene ring substituents is 2. The molecule has 0 aliphatic heterocycles. The Labute approximate surface area is 133 Å². The molecule has 0 aromatic heterocycles. The van der Waals surface area contributed by atoms with Crippen molar-refractivity contribution in [3.8, 4) is 0 Å². The molecular weight excluding hydrogens is 322 g/mol. The van der Waals surface area contributed by atoms with Gasteiger partial charge in [0.05, 0.1) is 26.6 Å². The summed E-state index contributed by atoms with van der Waals surface area (Å²) in [5, 5.41) is 36.3. The van der Waals surface area contributed by atoms with Gasteiger partial charge in [-0.1, -0.05) is 18.2 Å². The fraction of sp³-hybridized carbons (Fsp3) is 0. The average Bonchev–Trinajstić information content (AvgIpc) is 2.55. The Balaban J connectivity index is 2.40. The van der Waals surface area contributed by atoms with Gasteiger partial charge in [0.15, 0.2) is 5.69 Å². The van der Waals surface area contributed by atoms with Crippen molar-refractivity contribution in [3.05, 3.63) is 84.4 Å². The number of benzene rings is 2. The minimum Gasteiger partial charge on any atom is -0.358 e. The summed E-state index contributed by atoms with van der Waals surface area (Å²) < 4.78 is 0. The molecule has 122 valence electrons. The van der Waals surface area contributed by atoms with Gasteiger partial charge in [0, 0.05) is 6.07 Å². The first kappa shape index (κ1) is 16.5. The smallest absolute Gasteiger partial charge is 0.358 e. The first-order chi connectivity index (χ1) is 11.4. The van der Waals surface area contributed by atoms with Crippen molar-refractivity contribution < 1.29 is 14.8 Å². The minimum atomic E-state index is -0.848. The van der Waals surface area contributed by atoms with Crippen LogP contribution in [0.4, 0.5) is 17.1 Å². The van der Waals surface area contributed by atoms with E-state index in [0.29, 0.717) is 0 Å². The van der Waals surface area contributed by atoms with Gasteiger partial charge in [0.1, 0.15) is 0 Å². The summed E-state index contributed by atoms with van der Waals surface area (Å²) in [7, 11) is 0. The van der Waals surface area contributed by atoms with E-state index in [1.165, 1.54) is 12.1 Å². The van der Waals surface area contributed by atoms with Gasteiger partial charge in [-0.3, -0.25) is 20.2 Å². The van der Waals surface area contributed by atoms with Gasteiger partial charge >= 0.3 is 11.5 Å². The maximum Gasteiger partial charge on any atom is 0.395 e. The SMILES string of the molecule is O=[N+]([O-])/C(=N\Nc1ccc([N+](=O)[O-])cc1[N+](=O)[O-])c1ccccc1. The number of hydrogen-bond donors (Lipinski definition) is 1. The molecule has 0 fully saturated rings. The highest BCUT2D eigenvalue weighted by Gasteiger charge is 2.22. The predicted molar refractivity (Wildman–Crippen MR) is 83.3 cm³/mol. The molecule has 2 rings (SSSR count). The Kier molecular flexibility index (Phi) is 4.75. The minimum absolute atomic E-state index is 0.194. The molecule has 0 saturated heterocycles. The van der Waals surface area contributed by atoms with E-state index in [1.54, 1.807) is 18.2 Å². The summed E-state index contributed by atoms with van der Waals surface area (Å²) in [5.74, 6) is -0.553. The number of rotatable bonds is 5. The van der Waals surface area contributed by atoms with Crippen LogP contribution in [0, 0.1) is 30.3 Å². The maximum absolute atomic E-state index is 11.1. The first-order valence-electron chi connectivity index (χ1n) is 6.36. The van der Waals surface area contributed by atoms with Crippen molar-refractivity contribution in [2.45, 2.75) is 0 Å². The second-order valence-electron chi connectivity index (χ2n) is 4.39. The third-order valence-electron chi connectivity index (χ3n) is 2.88. The molecule has 11 nitrogen and oxygen atoms in total. The lowest BCUT2D eigenvalue weighted by atomic mass is 10.2. The summed E-state index contributed by atoms with van der Waals surface area (Å²) >= 11 is 0. The average molecular weight is 331 g/mol. The fourth-order valence-corrected chi connectivity index (χ4v) is 1.79. The van der Waals surface area contributed by atoms with Crippen LogP contribution < -0.4 is 5.43 Å². The Hall–Kier alpha value is -3.89. The Bertz CT molecular complexity index is 836. The van der Waals surface area contributed by atoms with Gasteiger partial charge < -0.3 is 10.1 Å². The molecule has 0 amide bonds. The van der Waals surface area contributed by atoms with E-state index in [1.807, 2.05) is 0 Å². The molecule has 0 aliphatic carbocycles. The standard InChI is InChI=1S/C13H9N5O6/c19-16(20)10-6-7-11(12(8-10)17(21)22)14-15-13(18(23)24)9-4-2-1-3-5-9/h1-8,14H/b15-13-. The number of nitrogens with one attached hydrogen (secondary N) is 1. The predicted octanol–water partition coefficient (Wildman–Crippen LogP) is 2.55. The molecule has 2 aromatic carbocycles. The van der Waals surface area contributed by atoms with Crippen molar-refractivity contribution in [3.63, 3.8) is 0 Å². The van der Waals surface area contributed by atoms with Gasteiger partial charge in [-0.05, 0) is 23.1 Å². The summed E-state index contributed by atoms with van der Waals surface area (Å²) in [6.45, 7) is 0. The van der Waals surface area contributed by atoms with Gasteiger partial charge in [-0.25, -0.2) is 0 Å². The zero-order valence-electron chi connectivity index (χ0n) is 11.9. The summed E-state index contributed by atoms with van der Waals surface area (Å²) in [6, 6.07) is 10.5. The number of non-ortho nitro benzene ring substituents is 1. The summed E-state index contributed by atoms with van der Waals surface area (Å²) in [6.07, 6.45) is 0. The normalized spacial score (nSPS) is 10.9. The highest BCUT2D eigenvalue weighted by atomic mass is 16.6. The van der Waals surface area contributed by atoms with E-state index >= 15 is 0 Å². The molecule has 24 heavy (non-hydrogen) atoms. The highest BCUT2D eigenvalue weighted by molar-refractivity contribution is 5.93. The molecule has 0 bridgehead atoms. The van der Waals surface area contributed by atoms with Crippen LogP contribution in [0.15, 0.2) is 53.6 Å². The van der Waals surface area contributed by atoms with Crippen molar-refractivity contribution in [2.75, 3.05) is 5.43 Å². The van der Waals surface area contributed by atoms with Crippen molar-refractivity contribution in [1.29, 1.82) is 0 Å². The summed E-state index contributed by atoms with van der Waals surface area (Å²) in [4.78, 5) is 30.4. The zero-order valence-corrected chi connectivity index (χ0v) is 11.9. The largest absolute Gasteiger partial charge is 0.395 e. The van der Waals surface area contributed by atoms with Crippen LogP contribution >= 0.6 is 0 Å². The van der Waals surface area contributed by atoms with E-state index in [-0.39, 0.29) is 11.3 Å². The molecule has 0 unspecified atom stereocenters. The highest BCUT2D eigenvalue weighted by Crippen LogP contribution is 2.29. The number of hydrazone groups is 1. The molecule has 11 heteroatoms. The zero-order chi connectivity index (χ0) is 17.7. The third kappa shape index (κ3) is 3.65. The second-order valence-corrected chi connectivity index (χ2v) is 4.39. The van der Waals surface area contributed by atoms with Gasteiger partial charge in [0.2, 0.25) is 0 Å². The molecule has 0 aliphatic rings. The van der Waals surface area contributed by atoms with E-state index in [0.717, 1.165) is 18.2 Å². The lowest BCUT2D eigenvalue weighted by molar-refractivity contribution is -0.393. The van der Waals surface area contributed by atoms with Gasteiger partial charge in [-0.2, -0.15) is 5.43 Å². The Morgan fingerprint density at radius 2 is 1.58 bits per heavy atom. The van der Waals surface area contributed by atoms with Gasteiger partial charge in [-0.15, -0.1) is 0 Å². The molecule has 0 atom stereocenters. The van der Waals surface area contributed by atoms with Gasteiger partial charge in [0.25, 0.3) is 5.69 Å². The third-order valence-corrected chi connectivity index (χ3v) is 2.88. The molecule has 0 radical (unpaired) electrons. The van der Waals surface area contributed by atoms with Crippen LogP contribution in [-0.2, 0) is 0 Å². The lowest BCUT2D eigenvalue weighted by Crippen LogP contribution is -2.15. The summed E-state index contributed by atoms with van der Waals surface area (Å²) in [5.41, 5.74) is 1.11. The molecule has 0 spiro atoms. The lowest BCUT2D eigenvalue weighted by Gasteiger charge is -2.01. The van der Waals surface area contributed by atoms with Crippen LogP contribution in [0.2, 0.25) is 0 Å². The number of hydrogen-bond acceptors (Lipinski definition) is 8. The monoisotopic (exact) mass is 331 g/mol. The quantitative estimate of drug-likeness (QED) is 0.382. The fourth-order valence-electron chi connectivity index (χ4n) is 1.79. The molecule has 0 heterocycles. The molecular formula is C13H9N5O6. The molecule has 1 N–H and O–H groups in total. The van der Waals surface area contributed by atoms with Crippen LogP contribution in [-0.4, -0.2) is 20.6 Å². The Morgan fingerprint density at radius 3 is 2.12 bits per heavy atom. The van der Waals surface area contributed by atoms with E-state index in [4.69, 9.17) is 0 Å². The van der Waals surface area contributed by atoms with E-state index < -0.39 is 32.0 Å². The number of anilines is 1. The maximum atomic E-state index is 11.1. The topological polar surface area (TPSA) is 154 Å². The van der Waals surface area contributed by atoms with Crippen molar-refractivity contribution in [1.82, 2.24) is 0 Å². The molecule has 0 saturated carbocycles. The van der Waals surface area contributed by atoms with E-state index in [2.05, 4.69) is 10.5 Å².